The first-order valence-corrected chi connectivity index (χ1v) is 7.22. The Morgan fingerprint density at radius 1 is 1.39 bits per heavy atom. The van der Waals surface area contributed by atoms with Gasteiger partial charge >= 0.3 is 0 Å². The lowest BCUT2D eigenvalue weighted by molar-refractivity contribution is 0.402. The highest BCUT2D eigenvalue weighted by molar-refractivity contribution is 7.99. The number of anilines is 1. The van der Waals surface area contributed by atoms with Crippen LogP contribution in [0.5, 0.6) is 11.5 Å². The molecule has 0 saturated carbocycles. The zero-order chi connectivity index (χ0) is 13.0. The molecule has 1 aromatic rings. The molecule has 0 amide bonds. The van der Waals surface area contributed by atoms with Gasteiger partial charge in [0.25, 0.3) is 0 Å². The number of hydrogen-bond acceptors (Lipinski definition) is 5. The van der Waals surface area contributed by atoms with Crippen molar-refractivity contribution in [1.29, 1.82) is 0 Å². The van der Waals surface area contributed by atoms with Gasteiger partial charge < -0.3 is 20.1 Å². The molecule has 1 heterocycles. The first-order valence-electron chi connectivity index (χ1n) is 6.06. The Morgan fingerprint density at radius 2 is 2.22 bits per heavy atom. The molecule has 1 unspecified atom stereocenters. The van der Waals surface area contributed by atoms with Crippen LogP contribution >= 0.6 is 11.8 Å². The van der Waals surface area contributed by atoms with Gasteiger partial charge in [-0.05, 0) is 12.1 Å². The first kappa shape index (κ1) is 13.4. The molecule has 5 heteroatoms. The lowest BCUT2D eigenvalue weighted by Gasteiger charge is -2.37. The monoisotopic (exact) mass is 268 g/mol. The molecule has 1 aromatic carbocycles. The van der Waals surface area contributed by atoms with E-state index in [1.807, 2.05) is 30.0 Å². The van der Waals surface area contributed by atoms with Crippen molar-refractivity contribution in [1.82, 2.24) is 0 Å². The quantitative estimate of drug-likeness (QED) is 0.898. The molecule has 1 saturated heterocycles. The summed E-state index contributed by atoms with van der Waals surface area (Å²) in [4.78, 5) is 2.33. The number of methoxy groups -OCH3 is 2. The van der Waals surface area contributed by atoms with Gasteiger partial charge in [0.1, 0.15) is 11.5 Å². The van der Waals surface area contributed by atoms with Gasteiger partial charge in [0.05, 0.1) is 25.9 Å². The largest absolute Gasteiger partial charge is 0.497 e. The Morgan fingerprint density at radius 3 is 2.89 bits per heavy atom. The van der Waals surface area contributed by atoms with Crippen LogP contribution in [-0.4, -0.2) is 44.9 Å². The molecule has 0 aliphatic carbocycles. The summed E-state index contributed by atoms with van der Waals surface area (Å²) in [6, 6.07) is 6.25. The molecule has 2 rings (SSSR count). The molecule has 0 bridgehead atoms. The molecule has 1 aliphatic rings. The van der Waals surface area contributed by atoms with Gasteiger partial charge in [-0.25, -0.2) is 0 Å². The minimum atomic E-state index is 0.366. The first-order chi connectivity index (χ1) is 8.80. The SMILES string of the molecule is COc1ccc(OC)c(N2CCSCC2CN)c1. The normalized spacial score (nSPS) is 19.7. The van der Waals surface area contributed by atoms with Crippen molar-refractivity contribution in [2.24, 2.45) is 5.73 Å². The molecule has 1 fully saturated rings. The highest BCUT2D eigenvalue weighted by Gasteiger charge is 2.24. The molecular weight excluding hydrogens is 248 g/mol. The van der Waals surface area contributed by atoms with Crippen LogP contribution in [0, 0.1) is 0 Å². The lowest BCUT2D eigenvalue weighted by Crippen LogP contribution is -2.47. The smallest absolute Gasteiger partial charge is 0.142 e. The van der Waals surface area contributed by atoms with Crippen molar-refractivity contribution in [3.05, 3.63) is 18.2 Å². The highest BCUT2D eigenvalue weighted by atomic mass is 32.2. The minimum absolute atomic E-state index is 0.366. The summed E-state index contributed by atoms with van der Waals surface area (Å²) < 4.78 is 10.7. The van der Waals surface area contributed by atoms with E-state index >= 15 is 0 Å². The third-order valence-electron chi connectivity index (χ3n) is 3.20. The maximum Gasteiger partial charge on any atom is 0.142 e. The fraction of sp³-hybridized carbons (Fsp3) is 0.538. The summed E-state index contributed by atoms with van der Waals surface area (Å²) in [6.07, 6.45) is 0. The summed E-state index contributed by atoms with van der Waals surface area (Å²) in [5, 5.41) is 0. The second-order valence-corrected chi connectivity index (χ2v) is 5.35. The van der Waals surface area contributed by atoms with Crippen molar-refractivity contribution >= 4 is 17.4 Å². The molecule has 4 nitrogen and oxygen atoms in total. The summed E-state index contributed by atoms with van der Waals surface area (Å²) in [5.74, 6) is 3.91. The van der Waals surface area contributed by atoms with E-state index in [9.17, 15) is 0 Å². The number of nitrogens with zero attached hydrogens (tertiary/aromatic N) is 1. The van der Waals surface area contributed by atoms with E-state index in [0.717, 1.165) is 35.2 Å². The molecule has 1 atom stereocenters. The van der Waals surface area contributed by atoms with Gasteiger partial charge in [-0.1, -0.05) is 0 Å². The topological polar surface area (TPSA) is 47.7 Å². The Bertz CT molecular complexity index is 401. The molecule has 0 aromatic heterocycles. The standard InChI is InChI=1S/C13H20N2O2S/c1-16-11-3-4-13(17-2)12(7-11)15-5-6-18-9-10(15)8-14/h3-4,7,10H,5-6,8-9,14H2,1-2H3. The summed E-state index contributed by atoms with van der Waals surface area (Å²) >= 11 is 1.96. The fourth-order valence-electron chi connectivity index (χ4n) is 2.19. The fourth-order valence-corrected chi connectivity index (χ4v) is 3.27. The summed E-state index contributed by atoms with van der Waals surface area (Å²) in [5.41, 5.74) is 6.94. The zero-order valence-corrected chi connectivity index (χ0v) is 11.7. The van der Waals surface area contributed by atoms with Gasteiger partial charge in [-0.3, -0.25) is 0 Å². The van der Waals surface area contributed by atoms with E-state index in [2.05, 4.69) is 4.90 Å². The van der Waals surface area contributed by atoms with E-state index in [1.54, 1.807) is 14.2 Å². The number of rotatable bonds is 4. The van der Waals surface area contributed by atoms with E-state index in [1.165, 1.54) is 0 Å². The van der Waals surface area contributed by atoms with Crippen LogP contribution in [0.3, 0.4) is 0 Å². The third kappa shape index (κ3) is 2.67. The average Bonchev–Trinajstić information content (AvgIpc) is 2.46. The van der Waals surface area contributed by atoms with Crippen LogP contribution in [0.1, 0.15) is 0 Å². The third-order valence-corrected chi connectivity index (χ3v) is 4.29. The van der Waals surface area contributed by atoms with Gasteiger partial charge in [-0.15, -0.1) is 0 Å². The maximum absolute atomic E-state index is 5.87. The maximum atomic E-state index is 5.87. The number of benzene rings is 1. The number of thioether (sulfide) groups is 1. The van der Waals surface area contributed by atoms with E-state index in [4.69, 9.17) is 15.2 Å². The zero-order valence-electron chi connectivity index (χ0n) is 10.9. The van der Waals surface area contributed by atoms with E-state index < -0.39 is 0 Å². The van der Waals surface area contributed by atoms with Gasteiger partial charge in [-0.2, -0.15) is 11.8 Å². The van der Waals surface area contributed by atoms with Crippen LogP contribution in [0.4, 0.5) is 5.69 Å². The predicted octanol–water partition coefficient (Wildman–Crippen LogP) is 1.58. The molecule has 18 heavy (non-hydrogen) atoms. The number of nitrogens with two attached hydrogens (primary N) is 1. The molecule has 0 radical (unpaired) electrons. The average molecular weight is 268 g/mol. The van der Waals surface area contributed by atoms with Crippen LogP contribution in [0.25, 0.3) is 0 Å². The Balaban J connectivity index is 2.34. The molecular formula is C13H20N2O2S. The Kier molecular flexibility index (Phi) is 4.60. The predicted molar refractivity (Wildman–Crippen MR) is 77.1 cm³/mol. The van der Waals surface area contributed by atoms with Crippen molar-refractivity contribution < 1.29 is 9.47 Å². The minimum Gasteiger partial charge on any atom is -0.497 e. The Hall–Kier alpha value is -1.07. The van der Waals surface area contributed by atoms with Crippen LogP contribution in [-0.2, 0) is 0 Å². The molecule has 100 valence electrons. The number of hydrogen-bond donors (Lipinski definition) is 1. The summed E-state index contributed by atoms with van der Waals surface area (Å²) in [6.45, 7) is 1.66. The Labute approximate surface area is 112 Å². The number of ether oxygens (including phenoxy) is 2. The van der Waals surface area contributed by atoms with Gasteiger partial charge in [0.2, 0.25) is 0 Å². The second kappa shape index (κ2) is 6.20. The van der Waals surface area contributed by atoms with E-state index in [0.29, 0.717) is 12.6 Å². The van der Waals surface area contributed by atoms with Crippen molar-refractivity contribution in [2.75, 3.05) is 43.7 Å². The molecule has 0 spiro atoms. The van der Waals surface area contributed by atoms with Crippen molar-refractivity contribution in [3.8, 4) is 11.5 Å². The molecule has 2 N–H and O–H groups in total. The van der Waals surface area contributed by atoms with Crippen molar-refractivity contribution in [2.45, 2.75) is 6.04 Å². The summed E-state index contributed by atoms with van der Waals surface area (Å²) in [7, 11) is 3.37. The van der Waals surface area contributed by atoms with E-state index in [-0.39, 0.29) is 0 Å². The van der Waals surface area contributed by atoms with Crippen LogP contribution in [0.15, 0.2) is 18.2 Å². The molecule has 1 aliphatic heterocycles. The second-order valence-electron chi connectivity index (χ2n) is 4.20. The van der Waals surface area contributed by atoms with Gasteiger partial charge in [0.15, 0.2) is 0 Å². The lowest BCUT2D eigenvalue weighted by atomic mass is 10.2. The van der Waals surface area contributed by atoms with Gasteiger partial charge in [0, 0.05) is 30.7 Å². The van der Waals surface area contributed by atoms with Crippen molar-refractivity contribution in [3.63, 3.8) is 0 Å². The van der Waals surface area contributed by atoms with Crippen LogP contribution in [0.2, 0.25) is 0 Å². The van der Waals surface area contributed by atoms with Crippen LogP contribution < -0.4 is 20.1 Å². The highest BCUT2D eigenvalue weighted by Crippen LogP contribution is 2.35.